The van der Waals surface area contributed by atoms with E-state index < -0.39 is 17.1 Å². The van der Waals surface area contributed by atoms with E-state index in [2.05, 4.69) is 0 Å². The number of piperazine rings is 1. The molecule has 2 aromatic rings. The number of aromatic nitrogens is 2. The number of hydrogen-bond donors (Lipinski definition) is 0. The van der Waals surface area contributed by atoms with Gasteiger partial charge in [0.05, 0.1) is 6.54 Å². The second-order valence-electron chi connectivity index (χ2n) is 8.63. The van der Waals surface area contributed by atoms with Gasteiger partial charge >= 0.3 is 5.69 Å². The van der Waals surface area contributed by atoms with E-state index in [4.69, 9.17) is 0 Å². The van der Waals surface area contributed by atoms with Crippen molar-refractivity contribution in [1.82, 2.24) is 18.9 Å². The zero-order valence-corrected chi connectivity index (χ0v) is 20.0. The Kier molecular flexibility index (Phi) is 7.83. The van der Waals surface area contributed by atoms with Crippen LogP contribution >= 0.6 is 0 Å². The van der Waals surface area contributed by atoms with Gasteiger partial charge in [0.1, 0.15) is 11.5 Å². The van der Waals surface area contributed by atoms with Gasteiger partial charge in [0.2, 0.25) is 5.91 Å². The first-order chi connectivity index (χ1) is 16.1. The van der Waals surface area contributed by atoms with Gasteiger partial charge in [-0.3, -0.25) is 23.9 Å². The number of allylic oxidation sites excluding steroid dienone is 1. The van der Waals surface area contributed by atoms with Gasteiger partial charge in [-0.05, 0) is 38.1 Å². The first-order valence-corrected chi connectivity index (χ1v) is 11.1. The summed E-state index contributed by atoms with van der Waals surface area (Å²) in [7, 11) is 2.92. The lowest BCUT2D eigenvalue weighted by molar-refractivity contribution is -0.120. The Balaban J connectivity index is 1.71. The fourth-order valence-electron chi connectivity index (χ4n) is 3.74. The molecule has 182 valence electrons. The predicted octanol–water partition coefficient (Wildman–Crippen LogP) is 0.980. The third-order valence-electron chi connectivity index (χ3n) is 5.81. The fourth-order valence-corrected chi connectivity index (χ4v) is 3.74. The summed E-state index contributed by atoms with van der Waals surface area (Å²) < 4.78 is 15.4. The number of carbonyl (C=O) groups excluding carboxylic acids is 2. The van der Waals surface area contributed by atoms with E-state index in [0.717, 1.165) is 10.1 Å². The Morgan fingerprint density at radius 2 is 1.65 bits per heavy atom. The van der Waals surface area contributed by atoms with Crippen LogP contribution in [0.2, 0.25) is 0 Å². The summed E-state index contributed by atoms with van der Waals surface area (Å²) in [6, 6.07) is 5.43. The highest BCUT2D eigenvalue weighted by Gasteiger charge is 2.26. The van der Waals surface area contributed by atoms with Crippen molar-refractivity contribution in [3.05, 3.63) is 74.3 Å². The van der Waals surface area contributed by atoms with E-state index in [1.807, 2.05) is 24.8 Å². The molecule has 0 spiro atoms. The monoisotopic (exact) mass is 471 g/mol. The maximum atomic E-state index is 13.3. The van der Waals surface area contributed by atoms with Crippen LogP contribution in [0.1, 0.15) is 24.2 Å². The largest absolute Gasteiger partial charge is 0.336 e. The van der Waals surface area contributed by atoms with Crippen LogP contribution in [0.15, 0.2) is 51.7 Å². The number of carbonyl (C=O) groups is 2. The Hall–Kier alpha value is -3.53. The summed E-state index contributed by atoms with van der Waals surface area (Å²) in [6.07, 6.45) is 3.24. The molecule has 1 saturated heterocycles. The smallest absolute Gasteiger partial charge is 0.330 e. The quantitative estimate of drug-likeness (QED) is 0.587. The second-order valence-corrected chi connectivity index (χ2v) is 8.63. The SMILES string of the molecule is CC(C)=CCN(C(=O)CN1CCN(C(=O)c2ccc(F)cc2)CC1)c1cn(C)c(=O)n(C)c1=O. The lowest BCUT2D eigenvalue weighted by atomic mass is 10.1. The second kappa shape index (κ2) is 10.6. The molecule has 0 N–H and O–H groups in total. The van der Waals surface area contributed by atoms with Crippen LogP contribution in [0.3, 0.4) is 0 Å². The standard InChI is InChI=1S/C24H30FN5O4/c1-17(2)9-10-30(20-15-26(3)24(34)27(4)23(20)33)21(31)16-28-11-13-29(14-12-28)22(32)18-5-7-19(25)8-6-18/h5-9,15H,10-14,16H2,1-4H3. The van der Waals surface area contributed by atoms with Crippen LogP contribution in [0.4, 0.5) is 10.1 Å². The Morgan fingerprint density at radius 1 is 1.03 bits per heavy atom. The van der Waals surface area contributed by atoms with Gasteiger partial charge < -0.3 is 14.4 Å². The first kappa shape index (κ1) is 25.1. The van der Waals surface area contributed by atoms with Crippen LogP contribution in [0.25, 0.3) is 0 Å². The molecule has 1 aliphatic heterocycles. The Bertz CT molecular complexity index is 1200. The number of amides is 2. The number of hydrogen-bond acceptors (Lipinski definition) is 5. The summed E-state index contributed by atoms with van der Waals surface area (Å²) in [5.41, 5.74) is 0.549. The number of benzene rings is 1. The molecule has 0 radical (unpaired) electrons. The maximum absolute atomic E-state index is 13.3. The molecule has 0 saturated carbocycles. The van der Waals surface area contributed by atoms with Crippen molar-refractivity contribution in [1.29, 1.82) is 0 Å². The third kappa shape index (κ3) is 5.69. The van der Waals surface area contributed by atoms with Crippen molar-refractivity contribution in [3.63, 3.8) is 0 Å². The van der Waals surface area contributed by atoms with Gasteiger partial charge in [0.15, 0.2) is 0 Å². The van der Waals surface area contributed by atoms with E-state index in [0.29, 0.717) is 31.7 Å². The summed E-state index contributed by atoms with van der Waals surface area (Å²) in [4.78, 5) is 55.7. The van der Waals surface area contributed by atoms with Crippen LogP contribution in [-0.2, 0) is 18.9 Å². The zero-order chi connectivity index (χ0) is 25.0. The molecule has 0 aliphatic carbocycles. The van der Waals surface area contributed by atoms with Crippen molar-refractivity contribution in [2.24, 2.45) is 14.1 Å². The van der Waals surface area contributed by atoms with E-state index >= 15 is 0 Å². The summed E-state index contributed by atoms with van der Waals surface area (Å²) >= 11 is 0. The maximum Gasteiger partial charge on any atom is 0.330 e. The van der Waals surface area contributed by atoms with Gasteiger partial charge in [-0.1, -0.05) is 11.6 Å². The van der Waals surface area contributed by atoms with Crippen molar-refractivity contribution in [2.45, 2.75) is 13.8 Å². The molecule has 9 nitrogen and oxygen atoms in total. The van der Waals surface area contributed by atoms with Crippen LogP contribution in [0, 0.1) is 5.82 Å². The average molecular weight is 472 g/mol. The zero-order valence-electron chi connectivity index (χ0n) is 20.0. The van der Waals surface area contributed by atoms with Gasteiger partial charge in [-0.2, -0.15) is 0 Å². The molecule has 1 aliphatic rings. The average Bonchev–Trinajstić information content (AvgIpc) is 2.81. The van der Waals surface area contributed by atoms with Gasteiger partial charge in [-0.15, -0.1) is 0 Å². The van der Waals surface area contributed by atoms with Crippen LogP contribution in [-0.4, -0.2) is 70.0 Å². The normalized spacial score (nSPS) is 14.1. The molecule has 1 aromatic heterocycles. The van der Waals surface area contributed by atoms with E-state index in [1.165, 1.54) is 54.0 Å². The molecule has 0 bridgehead atoms. The number of halogens is 1. The minimum atomic E-state index is -0.534. The Morgan fingerprint density at radius 3 is 2.24 bits per heavy atom. The summed E-state index contributed by atoms with van der Waals surface area (Å²) in [6.45, 7) is 5.91. The number of rotatable bonds is 6. The molecule has 10 heteroatoms. The van der Waals surface area contributed by atoms with Crippen molar-refractivity contribution in [2.75, 3.05) is 44.2 Å². The summed E-state index contributed by atoms with van der Waals surface area (Å²) in [5.74, 6) is -0.845. The highest BCUT2D eigenvalue weighted by molar-refractivity contribution is 5.95. The van der Waals surface area contributed by atoms with E-state index in [9.17, 15) is 23.6 Å². The summed E-state index contributed by atoms with van der Waals surface area (Å²) in [5, 5.41) is 0. The van der Waals surface area contributed by atoms with E-state index in [1.54, 1.807) is 4.90 Å². The minimum Gasteiger partial charge on any atom is -0.336 e. The lowest BCUT2D eigenvalue weighted by Gasteiger charge is -2.35. The van der Waals surface area contributed by atoms with Crippen LogP contribution in [0.5, 0.6) is 0 Å². The molecular weight excluding hydrogens is 441 g/mol. The molecule has 0 atom stereocenters. The van der Waals surface area contributed by atoms with Gasteiger partial charge in [0.25, 0.3) is 11.5 Å². The number of anilines is 1. The molecule has 1 fully saturated rings. The Labute approximate surface area is 197 Å². The lowest BCUT2D eigenvalue weighted by Crippen LogP contribution is -2.52. The first-order valence-electron chi connectivity index (χ1n) is 11.1. The molecule has 1 aromatic carbocycles. The highest BCUT2D eigenvalue weighted by atomic mass is 19.1. The molecule has 0 unspecified atom stereocenters. The van der Waals surface area contributed by atoms with Crippen molar-refractivity contribution >= 4 is 17.5 Å². The fraction of sp³-hybridized carbons (Fsp3) is 0.417. The molecule has 2 amide bonds. The molecular formula is C24H30FN5O4. The highest BCUT2D eigenvalue weighted by Crippen LogP contribution is 2.12. The predicted molar refractivity (Wildman–Crippen MR) is 127 cm³/mol. The van der Waals surface area contributed by atoms with Gasteiger partial charge in [0, 0.05) is 58.6 Å². The molecule has 34 heavy (non-hydrogen) atoms. The van der Waals surface area contributed by atoms with Gasteiger partial charge in [-0.25, -0.2) is 9.18 Å². The third-order valence-corrected chi connectivity index (χ3v) is 5.81. The number of aryl methyl sites for hydroxylation is 1. The minimum absolute atomic E-state index is 0.0706. The van der Waals surface area contributed by atoms with E-state index in [-0.39, 0.29) is 30.6 Å². The van der Waals surface area contributed by atoms with Crippen LogP contribution < -0.4 is 16.1 Å². The van der Waals surface area contributed by atoms with Crippen molar-refractivity contribution in [3.8, 4) is 0 Å². The molecule has 3 rings (SSSR count). The number of nitrogens with zero attached hydrogens (tertiary/aromatic N) is 5. The topological polar surface area (TPSA) is 87.9 Å². The molecule has 2 heterocycles. The van der Waals surface area contributed by atoms with Crippen molar-refractivity contribution < 1.29 is 14.0 Å².